The van der Waals surface area contributed by atoms with Crippen molar-refractivity contribution < 1.29 is 13.5 Å². The molecule has 0 aliphatic carbocycles. The fraction of sp³-hybridized carbons (Fsp3) is 0.300. The molecule has 0 aliphatic rings. The van der Waals surface area contributed by atoms with E-state index in [9.17, 15) is 8.78 Å². The fourth-order valence-electron chi connectivity index (χ4n) is 1.20. The van der Waals surface area contributed by atoms with Gasteiger partial charge in [0.25, 0.3) is 0 Å². The lowest BCUT2D eigenvalue weighted by atomic mass is 10.0. The number of benzene rings is 1. The Kier molecular flexibility index (Phi) is 3.64. The minimum absolute atomic E-state index is 0.0953. The van der Waals surface area contributed by atoms with Crippen molar-refractivity contribution >= 4 is 15.9 Å². The van der Waals surface area contributed by atoms with E-state index in [0.717, 1.165) is 6.07 Å². The monoisotopic (exact) mass is 275 g/mol. The Morgan fingerprint density at radius 1 is 1.53 bits per heavy atom. The van der Waals surface area contributed by atoms with Crippen LogP contribution in [-0.4, -0.2) is 7.11 Å². The van der Waals surface area contributed by atoms with Crippen LogP contribution in [0.15, 0.2) is 10.5 Å². The third-order valence-corrected chi connectivity index (χ3v) is 2.72. The normalized spacial score (nSPS) is 12.0. The molecule has 1 atom stereocenters. The molecule has 1 aromatic rings. The van der Waals surface area contributed by atoms with Crippen LogP contribution in [0.2, 0.25) is 0 Å². The van der Waals surface area contributed by atoms with Gasteiger partial charge in [0.05, 0.1) is 23.6 Å². The molecule has 1 rings (SSSR count). The van der Waals surface area contributed by atoms with Crippen molar-refractivity contribution in [1.29, 1.82) is 5.26 Å². The van der Waals surface area contributed by atoms with Crippen molar-refractivity contribution in [3.05, 3.63) is 27.7 Å². The fourth-order valence-corrected chi connectivity index (χ4v) is 1.78. The summed E-state index contributed by atoms with van der Waals surface area (Å²) >= 11 is 2.89. The SMILES string of the molecule is COc1c(C(C)C#N)cc(F)c(F)c1Br. The number of methoxy groups -OCH3 is 1. The summed E-state index contributed by atoms with van der Waals surface area (Å²) in [4.78, 5) is 0. The first-order chi connectivity index (χ1) is 7.02. The molecule has 1 unspecified atom stereocenters. The molecule has 0 N–H and O–H groups in total. The number of rotatable bonds is 2. The van der Waals surface area contributed by atoms with Gasteiger partial charge in [-0.1, -0.05) is 0 Å². The van der Waals surface area contributed by atoms with E-state index < -0.39 is 17.6 Å². The average molecular weight is 276 g/mol. The van der Waals surface area contributed by atoms with Crippen LogP contribution >= 0.6 is 15.9 Å². The van der Waals surface area contributed by atoms with Crippen LogP contribution < -0.4 is 4.74 Å². The lowest BCUT2D eigenvalue weighted by Gasteiger charge is -2.12. The Bertz CT molecular complexity index is 428. The molecule has 0 amide bonds. The summed E-state index contributed by atoms with van der Waals surface area (Å²) < 4.78 is 31.1. The van der Waals surface area contributed by atoms with E-state index in [-0.39, 0.29) is 10.2 Å². The Morgan fingerprint density at radius 2 is 2.13 bits per heavy atom. The van der Waals surface area contributed by atoms with E-state index in [1.807, 2.05) is 6.07 Å². The van der Waals surface area contributed by atoms with Crippen molar-refractivity contribution in [3.8, 4) is 11.8 Å². The highest BCUT2D eigenvalue weighted by molar-refractivity contribution is 9.10. The first kappa shape index (κ1) is 11.9. The van der Waals surface area contributed by atoms with Crippen LogP contribution in [0.3, 0.4) is 0 Å². The summed E-state index contributed by atoms with van der Waals surface area (Å²) in [5.41, 5.74) is 0.325. The highest BCUT2D eigenvalue weighted by atomic mass is 79.9. The Labute approximate surface area is 94.6 Å². The highest BCUT2D eigenvalue weighted by Crippen LogP contribution is 2.36. The third kappa shape index (κ3) is 2.10. The van der Waals surface area contributed by atoms with Crippen LogP contribution in [0.5, 0.6) is 5.75 Å². The summed E-state index contributed by atoms with van der Waals surface area (Å²) in [5, 5.41) is 8.72. The zero-order valence-corrected chi connectivity index (χ0v) is 9.73. The van der Waals surface area contributed by atoms with Gasteiger partial charge >= 0.3 is 0 Å². The number of nitriles is 1. The zero-order valence-electron chi connectivity index (χ0n) is 8.14. The van der Waals surface area contributed by atoms with Crippen LogP contribution in [0.1, 0.15) is 18.4 Å². The molecule has 0 aromatic heterocycles. The van der Waals surface area contributed by atoms with Crippen molar-refractivity contribution in [2.75, 3.05) is 7.11 Å². The van der Waals surface area contributed by atoms with E-state index in [2.05, 4.69) is 15.9 Å². The lowest BCUT2D eigenvalue weighted by Crippen LogP contribution is -2.00. The topological polar surface area (TPSA) is 33.0 Å². The van der Waals surface area contributed by atoms with Gasteiger partial charge in [-0.3, -0.25) is 0 Å². The second-order valence-corrected chi connectivity index (χ2v) is 3.75. The largest absolute Gasteiger partial charge is 0.495 e. The number of hydrogen-bond acceptors (Lipinski definition) is 2. The lowest BCUT2D eigenvalue weighted by molar-refractivity contribution is 0.395. The van der Waals surface area contributed by atoms with Crippen LogP contribution in [0.4, 0.5) is 8.78 Å². The predicted octanol–water partition coefficient (Wildman–Crippen LogP) is 3.36. The first-order valence-corrected chi connectivity index (χ1v) is 4.93. The van der Waals surface area contributed by atoms with Crippen molar-refractivity contribution in [1.82, 2.24) is 0 Å². The maximum atomic E-state index is 13.1. The minimum atomic E-state index is -1.01. The van der Waals surface area contributed by atoms with E-state index >= 15 is 0 Å². The number of hydrogen-bond donors (Lipinski definition) is 0. The Balaban J connectivity index is 3.46. The molecule has 0 spiro atoms. The van der Waals surface area contributed by atoms with Crippen molar-refractivity contribution in [2.24, 2.45) is 0 Å². The average Bonchev–Trinajstić information content (AvgIpc) is 2.24. The van der Waals surface area contributed by atoms with Crippen molar-refractivity contribution in [3.63, 3.8) is 0 Å². The van der Waals surface area contributed by atoms with E-state index in [1.54, 1.807) is 6.92 Å². The molecule has 2 nitrogen and oxygen atoms in total. The second-order valence-electron chi connectivity index (χ2n) is 2.96. The predicted molar refractivity (Wildman–Crippen MR) is 54.6 cm³/mol. The van der Waals surface area contributed by atoms with Gasteiger partial charge in [-0.25, -0.2) is 8.78 Å². The van der Waals surface area contributed by atoms with Gasteiger partial charge in [0, 0.05) is 5.56 Å². The second kappa shape index (κ2) is 4.58. The number of halogens is 3. The van der Waals surface area contributed by atoms with Gasteiger partial charge in [-0.2, -0.15) is 5.26 Å². The van der Waals surface area contributed by atoms with E-state index in [1.165, 1.54) is 7.11 Å². The van der Waals surface area contributed by atoms with Gasteiger partial charge < -0.3 is 4.74 Å². The summed E-state index contributed by atoms with van der Waals surface area (Å²) in [6.45, 7) is 1.58. The summed E-state index contributed by atoms with van der Waals surface area (Å²) in [6.07, 6.45) is 0. The summed E-state index contributed by atoms with van der Waals surface area (Å²) in [5.74, 6) is -2.42. The van der Waals surface area contributed by atoms with Gasteiger partial charge in [-0.05, 0) is 28.9 Å². The molecule has 1 aromatic carbocycles. The molecule has 0 saturated carbocycles. The quantitative estimate of drug-likeness (QED) is 0.776. The molecular weight excluding hydrogens is 268 g/mol. The smallest absolute Gasteiger partial charge is 0.176 e. The van der Waals surface area contributed by atoms with Gasteiger partial charge in [0.1, 0.15) is 5.75 Å². The molecule has 0 saturated heterocycles. The van der Waals surface area contributed by atoms with Crippen LogP contribution in [-0.2, 0) is 0 Å². The standard InChI is InChI=1S/C10H8BrF2NO/c1-5(4-14)6-3-7(12)9(13)8(11)10(6)15-2/h3,5H,1-2H3. The molecule has 80 valence electrons. The molecular formula is C10H8BrF2NO. The minimum Gasteiger partial charge on any atom is -0.495 e. The Morgan fingerprint density at radius 3 is 2.60 bits per heavy atom. The van der Waals surface area contributed by atoms with E-state index in [4.69, 9.17) is 10.00 Å². The van der Waals surface area contributed by atoms with Gasteiger partial charge in [0.2, 0.25) is 0 Å². The Hall–Kier alpha value is -1.15. The number of ether oxygens (including phenoxy) is 1. The zero-order chi connectivity index (χ0) is 11.6. The maximum Gasteiger partial charge on any atom is 0.176 e. The molecule has 15 heavy (non-hydrogen) atoms. The van der Waals surface area contributed by atoms with Gasteiger partial charge in [-0.15, -0.1) is 0 Å². The van der Waals surface area contributed by atoms with Crippen LogP contribution in [0, 0.1) is 23.0 Å². The maximum absolute atomic E-state index is 13.1. The molecule has 0 radical (unpaired) electrons. The summed E-state index contributed by atoms with van der Waals surface area (Å²) in [6, 6.07) is 2.92. The van der Waals surface area contributed by atoms with Crippen LogP contribution in [0.25, 0.3) is 0 Å². The molecule has 0 fully saturated rings. The highest BCUT2D eigenvalue weighted by Gasteiger charge is 2.20. The molecule has 5 heteroatoms. The number of nitrogens with zero attached hydrogens (tertiary/aromatic N) is 1. The third-order valence-electron chi connectivity index (χ3n) is 2.01. The van der Waals surface area contributed by atoms with Crippen molar-refractivity contribution in [2.45, 2.75) is 12.8 Å². The summed E-state index contributed by atoms with van der Waals surface area (Å²) in [7, 11) is 1.34. The molecule has 0 bridgehead atoms. The molecule has 0 aliphatic heterocycles. The van der Waals surface area contributed by atoms with E-state index in [0.29, 0.717) is 5.56 Å². The molecule has 0 heterocycles. The first-order valence-electron chi connectivity index (χ1n) is 4.13. The van der Waals surface area contributed by atoms with Gasteiger partial charge in [0.15, 0.2) is 11.6 Å².